The Morgan fingerprint density at radius 2 is 1.81 bits per heavy atom. The van der Waals surface area contributed by atoms with Crippen molar-refractivity contribution in [1.82, 2.24) is 14.7 Å². The molecule has 1 saturated heterocycles. The number of aliphatic carboxylic acids is 1. The molecule has 1 N–H and O–H groups in total. The summed E-state index contributed by atoms with van der Waals surface area (Å²) < 4.78 is 1.92. The van der Waals surface area contributed by atoms with E-state index in [0.29, 0.717) is 31.6 Å². The Balaban J connectivity index is 1.61. The Morgan fingerprint density at radius 1 is 1.12 bits per heavy atom. The molecule has 0 atom stereocenters. The van der Waals surface area contributed by atoms with E-state index in [1.54, 1.807) is 4.90 Å². The van der Waals surface area contributed by atoms with E-state index in [1.807, 2.05) is 23.7 Å². The molecule has 2 aromatic rings. The van der Waals surface area contributed by atoms with Crippen LogP contribution in [0.2, 0.25) is 0 Å². The van der Waals surface area contributed by atoms with Gasteiger partial charge in [-0.3, -0.25) is 9.59 Å². The van der Waals surface area contributed by atoms with Gasteiger partial charge in [0.25, 0.3) is 5.91 Å². The van der Waals surface area contributed by atoms with Gasteiger partial charge in [-0.15, -0.1) is 0 Å². The predicted molar refractivity (Wildman–Crippen MR) is 96.6 cm³/mol. The number of piperidine rings is 1. The molecule has 0 saturated carbocycles. The highest BCUT2D eigenvalue weighted by molar-refractivity contribution is 5.94. The van der Waals surface area contributed by atoms with Gasteiger partial charge in [-0.25, -0.2) is 4.68 Å². The molecule has 6 nitrogen and oxygen atoms in total. The molecule has 6 heteroatoms. The number of carbonyl (C=O) groups is 2. The van der Waals surface area contributed by atoms with Gasteiger partial charge in [-0.2, -0.15) is 5.10 Å². The Labute approximate surface area is 152 Å². The monoisotopic (exact) mass is 353 g/mol. The first-order chi connectivity index (χ1) is 12.5. The molecule has 2 heterocycles. The summed E-state index contributed by atoms with van der Waals surface area (Å²) in [5.41, 5.74) is 4.92. The number of carbonyl (C=O) groups excluding carboxylic acids is 1. The van der Waals surface area contributed by atoms with E-state index in [4.69, 9.17) is 5.11 Å². The molecule has 0 radical (unpaired) electrons. The van der Waals surface area contributed by atoms with Crippen molar-refractivity contribution in [2.24, 2.45) is 5.92 Å². The van der Waals surface area contributed by atoms with Crippen LogP contribution in [-0.2, 0) is 17.6 Å². The molecule has 1 aliphatic carbocycles. The van der Waals surface area contributed by atoms with Crippen molar-refractivity contribution in [2.75, 3.05) is 13.1 Å². The molecule has 1 aromatic carbocycles. The highest BCUT2D eigenvalue weighted by Crippen LogP contribution is 2.29. The van der Waals surface area contributed by atoms with E-state index in [9.17, 15) is 9.59 Å². The minimum atomic E-state index is -0.762. The van der Waals surface area contributed by atoms with E-state index >= 15 is 0 Å². The third-order valence-corrected chi connectivity index (χ3v) is 5.54. The lowest BCUT2D eigenvalue weighted by molar-refractivity contribution is -0.143. The third-order valence-electron chi connectivity index (χ3n) is 5.54. The van der Waals surface area contributed by atoms with Gasteiger partial charge >= 0.3 is 5.97 Å². The third kappa shape index (κ3) is 2.89. The number of likely N-dealkylation sites (tertiary alicyclic amines) is 1. The summed E-state index contributed by atoms with van der Waals surface area (Å²) >= 11 is 0. The molecule has 1 aromatic heterocycles. The quantitative estimate of drug-likeness (QED) is 0.920. The number of amides is 1. The van der Waals surface area contributed by atoms with Crippen LogP contribution in [0.3, 0.4) is 0 Å². The molecule has 1 amide bonds. The maximum Gasteiger partial charge on any atom is 0.306 e. The molecule has 26 heavy (non-hydrogen) atoms. The summed E-state index contributed by atoms with van der Waals surface area (Å²) in [5, 5.41) is 13.8. The number of aromatic nitrogens is 2. The Hall–Kier alpha value is -2.63. The number of carboxylic acids is 1. The minimum absolute atomic E-state index is 0.0575. The zero-order valence-corrected chi connectivity index (χ0v) is 14.9. The molecule has 2 aliphatic rings. The zero-order chi connectivity index (χ0) is 18.3. The first kappa shape index (κ1) is 16.8. The first-order valence-corrected chi connectivity index (χ1v) is 9.24. The summed E-state index contributed by atoms with van der Waals surface area (Å²) in [6.07, 6.45) is 3.89. The van der Waals surface area contributed by atoms with Gasteiger partial charge in [0.05, 0.1) is 11.6 Å². The fourth-order valence-electron chi connectivity index (χ4n) is 3.99. The van der Waals surface area contributed by atoms with E-state index in [-0.39, 0.29) is 11.8 Å². The van der Waals surface area contributed by atoms with E-state index in [0.717, 1.165) is 36.2 Å². The highest BCUT2D eigenvalue weighted by Gasteiger charge is 2.32. The van der Waals surface area contributed by atoms with Crippen LogP contribution in [0.25, 0.3) is 5.69 Å². The topological polar surface area (TPSA) is 75.4 Å². The Bertz CT molecular complexity index is 846. The number of carboxylic acid groups (broad SMARTS) is 1. The molecule has 1 fully saturated rings. The predicted octanol–water partition coefficient (Wildman–Crippen LogP) is 2.61. The molecule has 0 spiro atoms. The first-order valence-electron chi connectivity index (χ1n) is 9.24. The van der Waals surface area contributed by atoms with Crippen LogP contribution in [-0.4, -0.2) is 44.8 Å². The van der Waals surface area contributed by atoms with Crippen molar-refractivity contribution in [3.8, 4) is 5.69 Å². The van der Waals surface area contributed by atoms with Crippen LogP contribution in [0.1, 0.15) is 46.6 Å². The van der Waals surface area contributed by atoms with Crippen molar-refractivity contribution < 1.29 is 14.7 Å². The van der Waals surface area contributed by atoms with Crippen LogP contribution in [0, 0.1) is 12.8 Å². The van der Waals surface area contributed by atoms with Gasteiger partial charge in [0, 0.05) is 24.3 Å². The van der Waals surface area contributed by atoms with Crippen LogP contribution in [0.15, 0.2) is 24.3 Å². The maximum atomic E-state index is 13.0. The lowest BCUT2D eigenvalue weighted by Gasteiger charge is -2.29. The van der Waals surface area contributed by atoms with Crippen molar-refractivity contribution in [1.29, 1.82) is 0 Å². The zero-order valence-electron chi connectivity index (χ0n) is 14.9. The molecular formula is C20H23N3O3. The Kier molecular flexibility index (Phi) is 4.26. The molecule has 0 bridgehead atoms. The standard InChI is InChI=1S/C20H23N3O3/c1-13-5-7-15(8-6-13)23-17-4-2-3-16(17)18(21-23)19(24)22-11-9-14(10-12-22)20(25)26/h5-8,14H,2-4,9-12H2,1H3,(H,25,26). The van der Waals surface area contributed by atoms with Crippen molar-refractivity contribution in [2.45, 2.75) is 39.0 Å². The smallest absolute Gasteiger partial charge is 0.306 e. The number of rotatable bonds is 3. The van der Waals surface area contributed by atoms with Gasteiger partial charge in [0.2, 0.25) is 0 Å². The molecule has 4 rings (SSSR count). The van der Waals surface area contributed by atoms with Crippen LogP contribution >= 0.6 is 0 Å². The number of hydrogen-bond donors (Lipinski definition) is 1. The van der Waals surface area contributed by atoms with Crippen molar-refractivity contribution in [3.63, 3.8) is 0 Å². The van der Waals surface area contributed by atoms with E-state index < -0.39 is 5.97 Å². The van der Waals surface area contributed by atoms with Crippen LogP contribution in [0.5, 0.6) is 0 Å². The maximum absolute atomic E-state index is 13.0. The number of benzene rings is 1. The lowest BCUT2D eigenvalue weighted by atomic mass is 9.97. The number of nitrogens with zero attached hydrogens (tertiary/aromatic N) is 3. The van der Waals surface area contributed by atoms with Gasteiger partial charge < -0.3 is 10.0 Å². The molecule has 0 unspecified atom stereocenters. The molecule has 136 valence electrons. The normalized spacial score (nSPS) is 17.3. The largest absolute Gasteiger partial charge is 0.481 e. The Morgan fingerprint density at radius 3 is 2.46 bits per heavy atom. The molecule has 1 aliphatic heterocycles. The fourth-order valence-corrected chi connectivity index (χ4v) is 3.99. The van der Waals surface area contributed by atoms with E-state index in [2.05, 4.69) is 17.2 Å². The SMILES string of the molecule is Cc1ccc(-n2nc(C(=O)N3CCC(C(=O)O)CC3)c3c2CCC3)cc1. The molecular weight excluding hydrogens is 330 g/mol. The van der Waals surface area contributed by atoms with Gasteiger partial charge in [0.15, 0.2) is 5.69 Å². The average Bonchev–Trinajstić information content (AvgIpc) is 3.25. The van der Waals surface area contributed by atoms with Crippen LogP contribution < -0.4 is 0 Å². The highest BCUT2D eigenvalue weighted by atomic mass is 16.4. The van der Waals surface area contributed by atoms with Crippen molar-refractivity contribution in [3.05, 3.63) is 46.8 Å². The van der Waals surface area contributed by atoms with Crippen molar-refractivity contribution >= 4 is 11.9 Å². The number of fused-ring (bicyclic) bond motifs is 1. The van der Waals surface area contributed by atoms with Gasteiger partial charge in [-0.05, 0) is 51.2 Å². The second-order valence-electron chi connectivity index (χ2n) is 7.28. The van der Waals surface area contributed by atoms with Gasteiger partial charge in [-0.1, -0.05) is 17.7 Å². The summed E-state index contributed by atoms with van der Waals surface area (Å²) in [6.45, 7) is 3.02. The number of hydrogen-bond acceptors (Lipinski definition) is 3. The second-order valence-corrected chi connectivity index (χ2v) is 7.28. The lowest BCUT2D eigenvalue weighted by Crippen LogP contribution is -2.40. The average molecular weight is 353 g/mol. The van der Waals surface area contributed by atoms with Gasteiger partial charge in [0.1, 0.15) is 0 Å². The van der Waals surface area contributed by atoms with E-state index in [1.165, 1.54) is 5.56 Å². The minimum Gasteiger partial charge on any atom is -0.481 e. The number of aryl methyl sites for hydroxylation is 1. The summed E-state index contributed by atoms with van der Waals surface area (Å²) in [4.78, 5) is 25.9. The summed E-state index contributed by atoms with van der Waals surface area (Å²) in [5.74, 6) is -1.16. The van der Waals surface area contributed by atoms with Crippen LogP contribution in [0.4, 0.5) is 0 Å². The second kappa shape index (κ2) is 6.59. The summed E-state index contributed by atoms with van der Waals surface area (Å²) in [6, 6.07) is 8.17. The fraction of sp³-hybridized carbons (Fsp3) is 0.450. The summed E-state index contributed by atoms with van der Waals surface area (Å²) in [7, 11) is 0.